The van der Waals surface area contributed by atoms with Crippen LogP contribution in [0.15, 0.2) is 42.0 Å². The topological polar surface area (TPSA) is 54.0 Å². The van der Waals surface area contributed by atoms with E-state index in [2.05, 4.69) is 15.6 Å². The summed E-state index contributed by atoms with van der Waals surface area (Å²) in [5, 5.41) is 7.61. The molecule has 4 nitrogen and oxygen atoms in total. The quantitative estimate of drug-likeness (QED) is 0.876. The van der Waals surface area contributed by atoms with Gasteiger partial charge in [-0.2, -0.15) is 0 Å². The maximum absolute atomic E-state index is 11.7. The van der Waals surface area contributed by atoms with Gasteiger partial charge in [-0.05, 0) is 30.5 Å². The number of urea groups is 1. The van der Waals surface area contributed by atoms with Crippen LogP contribution in [0.1, 0.15) is 17.8 Å². The Bertz CT molecular complexity index is 470. The van der Waals surface area contributed by atoms with Crippen LogP contribution in [0, 0.1) is 0 Å². The molecule has 2 amide bonds. The second kappa shape index (κ2) is 5.45. The predicted octanol–water partition coefficient (Wildman–Crippen LogP) is 3.03. The van der Waals surface area contributed by atoms with Crippen LogP contribution in [-0.4, -0.2) is 11.0 Å². The zero-order valence-corrected chi connectivity index (χ0v) is 10.2. The van der Waals surface area contributed by atoms with Crippen LogP contribution in [0.3, 0.4) is 0 Å². The van der Waals surface area contributed by atoms with E-state index in [1.54, 1.807) is 35.9 Å². The fraction of sp³-hybridized carbons (Fsp3) is 0.167. The van der Waals surface area contributed by atoms with E-state index in [0.717, 1.165) is 10.6 Å². The minimum absolute atomic E-state index is 0.0110. The number of nitrogens with one attached hydrogen (secondary N) is 2. The van der Waals surface area contributed by atoms with Crippen LogP contribution in [0.25, 0.3) is 0 Å². The molecule has 0 aliphatic carbocycles. The van der Waals surface area contributed by atoms with E-state index in [1.807, 2.05) is 24.4 Å². The molecule has 0 aliphatic heterocycles. The first-order valence-electron chi connectivity index (χ1n) is 5.26. The third kappa shape index (κ3) is 3.29. The van der Waals surface area contributed by atoms with E-state index < -0.39 is 0 Å². The summed E-state index contributed by atoms with van der Waals surface area (Å²) in [5.74, 6) is 0. The van der Waals surface area contributed by atoms with E-state index in [9.17, 15) is 4.79 Å². The molecular weight excluding hydrogens is 234 g/mol. The highest BCUT2D eigenvalue weighted by Crippen LogP contribution is 2.18. The third-order valence-electron chi connectivity index (χ3n) is 2.26. The Morgan fingerprint density at radius 3 is 2.76 bits per heavy atom. The monoisotopic (exact) mass is 247 g/mol. The third-order valence-corrected chi connectivity index (χ3v) is 3.31. The Balaban J connectivity index is 1.90. The van der Waals surface area contributed by atoms with Gasteiger partial charge in [0.25, 0.3) is 0 Å². The average molecular weight is 247 g/mol. The first-order valence-corrected chi connectivity index (χ1v) is 6.14. The standard InChI is InChI=1S/C12H13N3OS/c1-9(11-3-2-8-17-11)14-12(16)15-10-4-6-13-7-5-10/h2-9H,1H3,(H2,13,14,15,16). The van der Waals surface area contributed by atoms with Crippen molar-refractivity contribution in [2.75, 3.05) is 5.32 Å². The van der Waals surface area contributed by atoms with Gasteiger partial charge in [0.1, 0.15) is 0 Å². The molecule has 17 heavy (non-hydrogen) atoms. The van der Waals surface area contributed by atoms with E-state index in [-0.39, 0.29) is 12.1 Å². The summed E-state index contributed by atoms with van der Waals surface area (Å²) in [4.78, 5) is 16.7. The van der Waals surface area contributed by atoms with Crippen molar-refractivity contribution in [3.8, 4) is 0 Å². The molecule has 0 saturated heterocycles. The van der Waals surface area contributed by atoms with Crippen LogP contribution >= 0.6 is 11.3 Å². The molecule has 2 N–H and O–H groups in total. The molecule has 0 bridgehead atoms. The zero-order chi connectivity index (χ0) is 12.1. The Kier molecular flexibility index (Phi) is 3.72. The molecule has 0 saturated carbocycles. The smallest absolute Gasteiger partial charge is 0.319 e. The number of carbonyl (C=O) groups is 1. The van der Waals surface area contributed by atoms with Crippen LogP contribution in [-0.2, 0) is 0 Å². The van der Waals surface area contributed by atoms with Crippen LogP contribution in [0.5, 0.6) is 0 Å². The lowest BCUT2D eigenvalue weighted by Crippen LogP contribution is -2.30. The molecule has 2 rings (SSSR count). The van der Waals surface area contributed by atoms with Crippen molar-refractivity contribution < 1.29 is 4.79 Å². The molecule has 0 fully saturated rings. The summed E-state index contributed by atoms with van der Waals surface area (Å²) in [6.45, 7) is 1.96. The SMILES string of the molecule is CC(NC(=O)Nc1ccncc1)c1cccs1. The van der Waals surface area contributed by atoms with Gasteiger partial charge in [0.2, 0.25) is 0 Å². The van der Waals surface area contributed by atoms with Gasteiger partial charge in [-0.3, -0.25) is 4.98 Å². The number of rotatable bonds is 3. The van der Waals surface area contributed by atoms with Crippen molar-refractivity contribution in [1.29, 1.82) is 0 Å². The Morgan fingerprint density at radius 2 is 2.12 bits per heavy atom. The van der Waals surface area contributed by atoms with E-state index >= 15 is 0 Å². The second-order valence-corrected chi connectivity index (χ2v) is 4.55. The van der Waals surface area contributed by atoms with Crippen LogP contribution < -0.4 is 10.6 Å². The predicted molar refractivity (Wildman–Crippen MR) is 69.1 cm³/mol. The van der Waals surface area contributed by atoms with Crippen molar-refractivity contribution in [2.45, 2.75) is 13.0 Å². The van der Waals surface area contributed by atoms with Crippen LogP contribution in [0.4, 0.5) is 10.5 Å². The normalized spacial score (nSPS) is 11.8. The molecule has 88 valence electrons. The minimum atomic E-state index is -0.211. The number of nitrogens with zero attached hydrogens (tertiary/aromatic N) is 1. The zero-order valence-electron chi connectivity index (χ0n) is 9.38. The Labute approximate surface area is 104 Å². The first-order chi connectivity index (χ1) is 8.25. The highest BCUT2D eigenvalue weighted by Gasteiger charge is 2.09. The summed E-state index contributed by atoms with van der Waals surface area (Å²) in [6.07, 6.45) is 3.27. The number of hydrogen-bond acceptors (Lipinski definition) is 3. The van der Waals surface area contributed by atoms with Gasteiger partial charge < -0.3 is 10.6 Å². The van der Waals surface area contributed by atoms with Gasteiger partial charge >= 0.3 is 6.03 Å². The molecule has 0 aliphatic rings. The number of hydrogen-bond donors (Lipinski definition) is 2. The number of aromatic nitrogens is 1. The molecule has 2 aromatic rings. The fourth-order valence-corrected chi connectivity index (χ4v) is 2.14. The average Bonchev–Trinajstić information content (AvgIpc) is 2.83. The number of amides is 2. The highest BCUT2D eigenvalue weighted by atomic mass is 32.1. The van der Waals surface area contributed by atoms with Crippen molar-refractivity contribution in [3.63, 3.8) is 0 Å². The fourth-order valence-electron chi connectivity index (χ4n) is 1.41. The van der Waals surface area contributed by atoms with E-state index in [0.29, 0.717) is 0 Å². The maximum atomic E-state index is 11.7. The number of anilines is 1. The lowest BCUT2D eigenvalue weighted by atomic mass is 10.3. The van der Waals surface area contributed by atoms with Crippen molar-refractivity contribution in [3.05, 3.63) is 46.9 Å². The van der Waals surface area contributed by atoms with Gasteiger partial charge in [-0.25, -0.2) is 4.79 Å². The highest BCUT2D eigenvalue weighted by molar-refractivity contribution is 7.10. The molecule has 0 spiro atoms. The van der Waals surface area contributed by atoms with Gasteiger partial charge in [0.15, 0.2) is 0 Å². The molecule has 5 heteroatoms. The number of carbonyl (C=O) groups excluding carboxylic acids is 1. The lowest BCUT2D eigenvalue weighted by molar-refractivity contribution is 0.249. The van der Waals surface area contributed by atoms with Gasteiger partial charge in [-0.15, -0.1) is 11.3 Å². The molecule has 0 aromatic carbocycles. The summed E-state index contributed by atoms with van der Waals surface area (Å²) in [6, 6.07) is 7.26. The minimum Gasteiger partial charge on any atom is -0.331 e. The van der Waals surface area contributed by atoms with Crippen molar-refractivity contribution in [2.24, 2.45) is 0 Å². The molecule has 0 radical (unpaired) electrons. The van der Waals surface area contributed by atoms with Crippen molar-refractivity contribution in [1.82, 2.24) is 10.3 Å². The molecule has 2 aromatic heterocycles. The molecule has 1 atom stereocenters. The molecular formula is C12H13N3OS. The van der Waals surface area contributed by atoms with E-state index in [1.165, 1.54) is 0 Å². The maximum Gasteiger partial charge on any atom is 0.319 e. The Morgan fingerprint density at radius 1 is 1.35 bits per heavy atom. The largest absolute Gasteiger partial charge is 0.331 e. The van der Waals surface area contributed by atoms with Gasteiger partial charge in [0, 0.05) is 23.0 Å². The molecule has 2 heterocycles. The lowest BCUT2D eigenvalue weighted by Gasteiger charge is -2.12. The summed E-state index contributed by atoms with van der Waals surface area (Å²) < 4.78 is 0. The number of thiophene rings is 1. The van der Waals surface area contributed by atoms with E-state index in [4.69, 9.17) is 0 Å². The van der Waals surface area contributed by atoms with Gasteiger partial charge in [-0.1, -0.05) is 6.07 Å². The Hall–Kier alpha value is -1.88. The number of pyridine rings is 1. The van der Waals surface area contributed by atoms with Crippen molar-refractivity contribution >= 4 is 23.1 Å². The van der Waals surface area contributed by atoms with Gasteiger partial charge in [0.05, 0.1) is 6.04 Å². The second-order valence-electron chi connectivity index (χ2n) is 3.57. The summed E-state index contributed by atoms with van der Waals surface area (Å²) >= 11 is 1.63. The summed E-state index contributed by atoms with van der Waals surface area (Å²) in [7, 11) is 0. The first kappa shape index (κ1) is 11.6. The van der Waals surface area contributed by atoms with Crippen LogP contribution in [0.2, 0.25) is 0 Å². The molecule has 1 unspecified atom stereocenters. The summed E-state index contributed by atoms with van der Waals surface area (Å²) in [5.41, 5.74) is 0.732.